The van der Waals surface area contributed by atoms with Crippen LogP contribution >= 0.6 is 11.5 Å². The van der Waals surface area contributed by atoms with Crippen LogP contribution in [0.3, 0.4) is 0 Å². The van der Waals surface area contributed by atoms with Crippen LogP contribution in [0.4, 0.5) is 16.5 Å². The van der Waals surface area contributed by atoms with E-state index in [0.717, 1.165) is 22.3 Å². The van der Waals surface area contributed by atoms with Crippen LogP contribution in [0.1, 0.15) is 39.4 Å². The van der Waals surface area contributed by atoms with Crippen molar-refractivity contribution in [3.63, 3.8) is 0 Å². The first-order chi connectivity index (χ1) is 9.95. The van der Waals surface area contributed by atoms with E-state index >= 15 is 0 Å². The number of benzene rings is 1. The number of hydrogen-bond acceptors (Lipinski definition) is 5. The Balaban J connectivity index is 2.00. The Morgan fingerprint density at radius 3 is 2.24 bits per heavy atom. The molecule has 2 aromatic rings. The lowest BCUT2D eigenvalue weighted by Gasteiger charge is -2.08. The molecule has 0 atom stereocenters. The number of carbonyl (C=O) groups is 1. The molecule has 21 heavy (non-hydrogen) atoms. The van der Waals surface area contributed by atoms with E-state index in [9.17, 15) is 4.79 Å². The number of nitrogens with zero attached hydrogens (tertiary/aromatic N) is 2. The molecule has 0 bridgehead atoms. The zero-order chi connectivity index (χ0) is 15.4. The molecule has 0 fully saturated rings. The summed E-state index contributed by atoms with van der Waals surface area (Å²) in [7, 11) is 0. The second kappa shape index (κ2) is 6.67. The van der Waals surface area contributed by atoms with Crippen molar-refractivity contribution in [1.29, 1.82) is 0 Å². The Hall–Kier alpha value is -1.95. The standard InChI is InChI=1S/C15H20N4OS/c1-9(2)13-18-15(21-19-13)17-12-7-5-11(6-8-12)16-14(20)10(3)4/h5-10H,1-4H3,(H,16,20)(H,17,18,19). The summed E-state index contributed by atoms with van der Waals surface area (Å²) in [6, 6.07) is 7.55. The third kappa shape index (κ3) is 4.26. The van der Waals surface area contributed by atoms with E-state index in [4.69, 9.17) is 0 Å². The molecular weight excluding hydrogens is 284 g/mol. The highest BCUT2D eigenvalue weighted by Gasteiger charge is 2.09. The molecule has 1 aromatic carbocycles. The minimum absolute atomic E-state index is 0.0152. The molecule has 112 valence electrons. The van der Waals surface area contributed by atoms with Gasteiger partial charge in [-0.1, -0.05) is 27.7 Å². The average Bonchev–Trinajstić information content (AvgIpc) is 2.89. The monoisotopic (exact) mass is 304 g/mol. The lowest BCUT2D eigenvalue weighted by molar-refractivity contribution is -0.118. The van der Waals surface area contributed by atoms with Crippen LogP contribution in [0.25, 0.3) is 0 Å². The minimum Gasteiger partial charge on any atom is -0.330 e. The Kier molecular flexibility index (Phi) is 4.90. The number of aromatic nitrogens is 2. The summed E-state index contributed by atoms with van der Waals surface area (Å²) < 4.78 is 4.30. The first-order valence-corrected chi connectivity index (χ1v) is 7.74. The molecule has 0 radical (unpaired) electrons. The molecule has 0 aliphatic rings. The number of amides is 1. The summed E-state index contributed by atoms with van der Waals surface area (Å²) in [5, 5.41) is 6.85. The first kappa shape index (κ1) is 15.4. The molecule has 0 unspecified atom stereocenters. The fourth-order valence-corrected chi connectivity index (χ4v) is 2.30. The molecular formula is C15H20N4OS. The zero-order valence-electron chi connectivity index (χ0n) is 12.7. The summed E-state index contributed by atoms with van der Waals surface area (Å²) in [5.41, 5.74) is 1.71. The van der Waals surface area contributed by atoms with E-state index in [-0.39, 0.29) is 11.8 Å². The molecule has 0 spiro atoms. The molecule has 0 aliphatic heterocycles. The highest BCUT2D eigenvalue weighted by molar-refractivity contribution is 7.09. The summed E-state index contributed by atoms with van der Waals surface area (Å²) in [6.45, 7) is 7.87. The number of nitrogens with one attached hydrogen (secondary N) is 2. The average molecular weight is 304 g/mol. The van der Waals surface area contributed by atoms with Crippen LogP contribution in [0.5, 0.6) is 0 Å². The summed E-state index contributed by atoms with van der Waals surface area (Å²) in [6.07, 6.45) is 0. The van der Waals surface area contributed by atoms with E-state index in [0.29, 0.717) is 5.92 Å². The molecule has 0 aliphatic carbocycles. The molecule has 5 nitrogen and oxygen atoms in total. The van der Waals surface area contributed by atoms with E-state index in [1.54, 1.807) is 0 Å². The maximum atomic E-state index is 11.6. The van der Waals surface area contributed by atoms with Crippen LogP contribution < -0.4 is 10.6 Å². The third-order valence-corrected chi connectivity index (χ3v) is 3.53. The molecule has 6 heteroatoms. The van der Waals surface area contributed by atoms with Gasteiger partial charge in [0.25, 0.3) is 0 Å². The predicted molar refractivity (Wildman–Crippen MR) is 87.2 cm³/mol. The van der Waals surface area contributed by atoms with Gasteiger partial charge in [-0.3, -0.25) is 4.79 Å². The van der Waals surface area contributed by atoms with Crippen molar-refractivity contribution in [3.05, 3.63) is 30.1 Å². The smallest absolute Gasteiger partial charge is 0.226 e. The van der Waals surface area contributed by atoms with Crippen molar-refractivity contribution < 1.29 is 4.79 Å². The molecule has 1 heterocycles. The molecule has 1 aromatic heterocycles. The van der Waals surface area contributed by atoms with Crippen LogP contribution in [0.15, 0.2) is 24.3 Å². The van der Waals surface area contributed by atoms with Gasteiger partial charge in [-0.05, 0) is 24.3 Å². The maximum absolute atomic E-state index is 11.6. The van der Waals surface area contributed by atoms with Crippen molar-refractivity contribution in [1.82, 2.24) is 9.36 Å². The van der Waals surface area contributed by atoms with E-state index in [1.807, 2.05) is 38.1 Å². The first-order valence-electron chi connectivity index (χ1n) is 6.97. The topological polar surface area (TPSA) is 66.9 Å². The quantitative estimate of drug-likeness (QED) is 0.876. The second-order valence-corrected chi connectivity index (χ2v) is 6.21. The minimum atomic E-state index is -0.0290. The van der Waals surface area contributed by atoms with Crippen molar-refractivity contribution in [2.24, 2.45) is 5.92 Å². The zero-order valence-corrected chi connectivity index (χ0v) is 13.5. The second-order valence-electron chi connectivity index (χ2n) is 5.46. The van der Waals surface area contributed by atoms with E-state index < -0.39 is 0 Å². The number of rotatable bonds is 5. The highest BCUT2D eigenvalue weighted by atomic mass is 32.1. The summed E-state index contributed by atoms with van der Waals surface area (Å²) in [5.74, 6) is 1.16. The van der Waals surface area contributed by atoms with Gasteiger partial charge in [0.2, 0.25) is 11.0 Å². The van der Waals surface area contributed by atoms with Crippen molar-refractivity contribution in [2.75, 3.05) is 10.6 Å². The van der Waals surface area contributed by atoms with Gasteiger partial charge in [-0.2, -0.15) is 4.37 Å². The van der Waals surface area contributed by atoms with Gasteiger partial charge >= 0.3 is 0 Å². The van der Waals surface area contributed by atoms with Gasteiger partial charge in [0.15, 0.2) is 0 Å². The van der Waals surface area contributed by atoms with Crippen molar-refractivity contribution in [3.8, 4) is 0 Å². The Morgan fingerprint density at radius 1 is 1.10 bits per heavy atom. The van der Waals surface area contributed by atoms with Gasteiger partial charge in [0.1, 0.15) is 5.82 Å². The lowest BCUT2D eigenvalue weighted by atomic mass is 10.2. The fraction of sp³-hybridized carbons (Fsp3) is 0.400. The van der Waals surface area contributed by atoms with Gasteiger partial charge < -0.3 is 10.6 Å². The Labute approximate surface area is 129 Å². The predicted octanol–water partition coefficient (Wildman–Crippen LogP) is 4.00. The van der Waals surface area contributed by atoms with Gasteiger partial charge in [-0.25, -0.2) is 4.98 Å². The lowest BCUT2D eigenvalue weighted by Crippen LogP contribution is -2.17. The van der Waals surface area contributed by atoms with Gasteiger partial charge in [0.05, 0.1) is 0 Å². The van der Waals surface area contributed by atoms with E-state index in [1.165, 1.54) is 11.5 Å². The fourth-order valence-electron chi connectivity index (χ4n) is 1.57. The van der Waals surface area contributed by atoms with Crippen LogP contribution in [0.2, 0.25) is 0 Å². The van der Waals surface area contributed by atoms with Crippen molar-refractivity contribution in [2.45, 2.75) is 33.6 Å². The third-order valence-electron chi connectivity index (χ3n) is 2.89. The SMILES string of the molecule is CC(C)C(=O)Nc1ccc(Nc2nc(C(C)C)ns2)cc1. The van der Waals surface area contributed by atoms with Gasteiger partial charge in [-0.15, -0.1) is 0 Å². The van der Waals surface area contributed by atoms with Crippen LogP contribution in [-0.4, -0.2) is 15.3 Å². The number of anilines is 3. The van der Waals surface area contributed by atoms with Crippen LogP contribution in [-0.2, 0) is 4.79 Å². The molecule has 2 N–H and O–H groups in total. The Bertz CT molecular complexity index is 604. The maximum Gasteiger partial charge on any atom is 0.226 e. The molecule has 0 saturated carbocycles. The molecule has 2 rings (SSSR count). The Morgan fingerprint density at radius 2 is 1.71 bits per heavy atom. The van der Waals surface area contributed by atoms with Crippen LogP contribution in [0, 0.1) is 5.92 Å². The largest absolute Gasteiger partial charge is 0.330 e. The number of hydrogen-bond donors (Lipinski definition) is 2. The summed E-state index contributed by atoms with van der Waals surface area (Å²) >= 11 is 1.35. The number of carbonyl (C=O) groups excluding carboxylic acids is 1. The molecule has 0 saturated heterocycles. The van der Waals surface area contributed by atoms with E-state index in [2.05, 4.69) is 33.8 Å². The highest BCUT2D eigenvalue weighted by Crippen LogP contribution is 2.22. The van der Waals surface area contributed by atoms with Crippen molar-refractivity contribution >= 4 is 33.9 Å². The molecule has 1 amide bonds. The van der Waals surface area contributed by atoms with Gasteiger partial charge in [0, 0.05) is 34.7 Å². The summed E-state index contributed by atoms with van der Waals surface area (Å²) in [4.78, 5) is 16.0. The normalized spacial score (nSPS) is 11.0.